The third kappa shape index (κ3) is 3.64. The average molecular weight is 861 g/mol. The van der Waals surface area contributed by atoms with E-state index in [9.17, 15) is 0 Å². The number of methoxy groups -OCH3 is 2. The molecule has 2 nitrogen and oxygen atoms in total. The van der Waals surface area contributed by atoms with Gasteiger partial charge in [-0.1, -0.05) is 95.4 Å². The molecule has 0 heterocycles. The predicted octanol–water partition coefficient (Wildman–Crippen LogP) is 12.5. The number of alkyl halides is 10. The van der Waals surface area contributed by atoms with Crippen LogP contribution in [0.1, 0.15) is 89.9 Å². The molecule has 8 saturated carbocycles. The molecule has 268 valence electrons. The summed E-state index contributed by atoms with van der Waals surface area (Å²) in [5.41, 5.74) is 1.08. The largest absolute Gasteiger partial charge is 0.373 e. The van der Waals surface area contributed by atoms with Crippen molar-refractivity contribution in [2.45, 2.75) is 130 Å². The van der Waals surface area contributed by atoms with Crippen LogP contribution in [-0.2, 0) is 9.47 Å². The van der Waals surface area contributed by atoms with Gasteiger partial charge in [0.1, 0.15) is 18.3 Å². The molecule has 10 aliphatic carbocycles. The van der Waals surface area contributed by atoms with Gasteiger partial charge in [0.25, 0.3) is 0 Å². The number of hydrogen-bond acceptors (Lipinski definition) is 2. The highest BCUT2D eigenvalue weighted by atomic mass is 35.5. The molecule has 0 aromatic heterocycles. The molecule has 0 unspecified atom stereocenters. The molecule has 10 aliphatic rings. The van der Waals surface area contributed by atoms with Gasteiger partial charge in [-0.3, -0.25) is 0 Å². The average Bonchev–Trinajstić information content (AvgIpc) is 3.58. The van der Waals surface area contributed by atoms with Crippen LogP contribution in [-0.4, -0.2) is 54.5 Å². The second kappa shape index (κ2) is 10.6. The van der Waals surface area contributed by atoms with Crippen LogP contribution in [0.3, 0.4) is 0 Å². The first-order chi connectivity index (χ1) is 22.4. The summed E-state index contributed by atoms with van der Waals surface area (Å²) in [7, 11) is 3.52. The van der Waals surface area contributed by atoms with Crippen molar-refractivity contribution in [1.82, 2.24) is 0 Å². The quantitative estimate of drug-likeness (QED) is 0.207. The van der Waals surface area contributed by atoms with E-state index in [1.807, 2.05) is 0 Å². The van der Waals surface area contributed by atoms with Crippen molar-refractivity contribution >= 4 is 116 Å². The molecule has 12 heteroatoms. The number of fused-ring (bicyclic) bond motifs is 8. The molecule has 0 N–H and O–H groups in total. The molecule has 8 fully saturated rings. The number of rotatable bonds is 4. The summed E-state index contributed by atoms with van der Waals surface area (Å²) in [6.45, 7) is 0. The van der Waals surface area contributed by atoms with Gasteiger partial charge in [0.05, 0.1) is 32.8 Å². The maximum absolute atomic E-state index is 6.63. The predicted molar refractivity (Wildman–Crippen MR) is 201 cm³/mol. The summed E-state index contributed by atoms with van der Waals surface area (Å²) >= 11 is 66.2. The maximum atomic E-state index is 6.63. The summed E-state index contributed by atoms with van der Waals surface area (Å²) in [6, 6.07) is 0. The van der Waals surface area contributed by atoms with E-state index in [-0.39, 0.29) is 52.9 Å². The second-order valence-corrected chi connectivity index (χ2v) is 23.3. The van der Waals surface area contributed by atoms with Crippen LogP contribution in [0.5, 0.6) is 0 Å². The van der Waals surface area contributed by atoms with Crippen molar-refractivity contribution in [3.8, 4) is 0 Å². The Bertz CT molecular complexity index is 1400. The van der Waals surface area contributed by atoms with Gasteiger partial charge in [-0.15, -0.1) is 69.6 Å². The lowest BCUT2D eigenvalue weighted by Crippen LogP contribution is -2.42. The van der Waals surface area contributed by atoms with Gasteiger partial charge < -0.3 is 9.47 Å². The molecular weight excluding hydrogens is 819 g/mol. The van der Waals surface area contributed by atoms with Crippen molar-refractivity contribution in [2.24, 2.45) is 44.3 Å². The van der Waals surface area contributed by atoms with Crippen LogP contribution in [0.15, 0.2) is 23.3 Å². The standard InChI is InChI=1S/2C18H21Cl5O/c2*1-24-15-7-11-14(8-15,9-17(15)12(19)18(17,22)23)6-10-4-2-3-5-16(10,11)13(20)21/h2*7,10,12-13H,2-6,8-9H2,1H3/t2*10-,12+,14+,15+,16+,17-/m11/s1. The molecule has 0 aliphatic heterocycles. The van der Waals surface area contributed by atoms with Crippen molar-refractivity contribution in [3.05, 3.63) is 23.3 Å². The summed E-state index contributed by atoms with van der Waals surface area (Å²) < 4.78 is 10.3. The van der Waals surface area contributed by atoms with Gasteiger partial charge >= 0.3 is 0 Å². The lowest BCUT2D eigenvalue weighted by Gasteiger charge is -2.44. The van der Waals surface area contributed by atoms with Gasteiger partial charge in [0.15, 0.2) is 0 Å². The molecule has 4 bridgehead atoms. The molecule has 4 spiro atoms. The first kappa shape index (κ1) is 36.0. The molecule has 0 saturated heterocycles. The summed E-state index contributed by atoms with van der Waals surface area (Å²) in [5, 5.41) is -0.543. The van der Waals surface area contributed by atoms with Gasteiger partial charge in [-0.25, -0.2) is 0 Å². The Kier molecular flexibility index (Phi) is 7.92. The third-order valence-corrected chi connectivity index (χ3v) is 22.0. The number of ether oxygens (including phenoxy) is 2. The Labute approximate surface area is 334 Å². The molecule has 0 aromatic carbocycles. The number of hydrogen-bond donors (Lipinski definition) is 0. The van der Waals surface area contributed by atoms with E-state index in [1.54, 1.807) is 14.2 Å². The maximum Gasteiger partial charge on any atom is 0.145 e. The van der Waals surface area contributed by atoms with E-state index in [1.165, 1.54) is 49.7 Å². The minimum atomic E-state index is -0.918. The Hall–Kier alpha value is 2.30. The van der Waals surface area contributed by atoms with E-state index in [0.29, 0.717) is 11.8 Å². The summed E-state index contributed by atoms with van der Waals surface area (Å²) in [6.07, 6.45) is 20.0. The van der Waals surface area contributed by atoms with Crippen molar-refractivity contribution < 1.29 is 9.47 Å². The van der Waals surface area contributed by atoms with Crippen LogP contribution in [0.25, 0.3) is 0 Å². The fourth-order valence-electron chi connectivity index (χ4n) is 14.5. The topological polar surface area (TPSA) is 18.5 Å². The van der Waals surface area contributed by atoms with E-state index >= 15 is 0 Å². The minimum absolute atomic E-state index is 0.0612. The normalized spacial score (nSPS) is 56.5. The second-order valence-electron chi connectivity index (χ2n) is 17.5. The van der Waals surface area contributed by atoms with Crippen LogP contribution < -0.4 is 0 Å². The van der Waals surface area contributed by atoms with Gasteiger partial charge in [-0.2, -0.15) is 0 Å². The van der Waals surface area contributed by atoms with Crippen molar-refractivity contribution in [3.63, 3.8) is 0 Å². The van der Waals surface area contributed by atoms with E-state index in [2.05, 4.69) is 12.2 Å². The zero-order valence-corrected chi connectivity index (χ0v) is 34.7. The zero-order chi connectivity index (χ0) is 34.3. The van der Waals surface area contributed by atoms with Crippen LogP contribution in [0.2, 0.25) is 0 Å². The fourth-order valence-corrected chi connectivity index (χ4v) is 19.4. The minimum Gasteiger partial charge on any atom is -0.373 e. The Morgan fingerprint density at radius 3 is 1.25 bits per heavy atom. The molecule has 0 amide bonds. The van der Waals surface area contributed by atoms with E-state index < -0.39 is 19.9 Å². The summed E-state index contributed by atoms with van der Waals surface area (Å²) in [5.74, 6) is 1.10. The first-order valence-electron chi connectivity index (χ1n) is 17.6. The Morgan fingerprint density at radius 1 is 0.604 bits per heavy atom. The van der Waals surface area contributed by atoms with Crippen LogP contribution >= 0.6 is 116 Å². The third-order valence-electron chi connectivity index (χ3n) is 16.4. The smallest absolute Gasteiger partial charge is 0.145 e. The molecule has 12 atom stereocenters. The Balaban J connectivity index is 0.000000131. The highest BCUT2D eigenvalue weighted by Crippen LogP contribution is 2.89. The van der Waals surface area contributed by atoms with E-state index in [0.717, 1.165) is 51.4 Å². The SMILES string of the molecule is CO[C@]12C=C3[C@](C[C@H]4CCCC[C@@]34C(Cl)Cl)(C[C@@]13[C@H](Cl)C3(Cl)Cl)C2.CO[C@]12C=C3[C@](C[C@H]4CCCC[C@@]34C(Cl)Cl)(C[C@@]13[C@H](Cl)C3(Cl)Cl)C2. The fraction of sp³-hybridized carbons (Fsp3) is 0.889. The molecule has 0 radical (unpaired) electrons. The highest BCUT2D eigenvalue weighted by molar-refractivity contribution is 6.58. The first-order valence-corrected chi connectivity index (χ1v) is 21.8. The lowest BCUT2D eigenvalue weighted by atomic mass is 9.65. The molecule has 10 rings (SSSR count). The van der Waals surface area contributed by atoms with Crippen LogP contribution in [0.4, 0.5) is 0 Å². The van der Waals surface area contributed by atoms with Crippen molar-refractivity contribution in [2.75, 3.05) is 14.2 Å². The lowest BCUT2D eigenvalue weighted by molar-refractivity contribution is -0.0114. The zero-order valence-electron chi connectivity index (χ0n) is 27.1. The number of halogens is 10. The van der Waals surface area contributed by atoms with Gasteiger partial charge in [0.2, 0.25) is 0 Å². The highest BCUT2D eigenvalue weighted by Gasteiger charge is 2.92. The van der Waals surface area contributed by atoms with Gasteiger partial charge in [-0.05, 0) is 86.9 Å². The molecule has 0 aromatic rings. The number of allylic oxidation sites excluding steroid dienone is 2. The Morgan fingerprint density at radius 2 is 0.958 bits per heavy atom. The van der Waals surface area contributed by atoms with E-state index in [4.69, 9.17) is 125 Å². The summed E-state index contributed by atoms with van der Waals surface area (Å²) in [4.78, 5) is -0.749. The van der Waals surface area contributed by atoms with Gasteiger partial charge in [0, 0.05) is 25.0 Å². The molecule has 48 heavy (non-hydrogen) atoms. The van der Waals surface area contributed by atoms with Crippen molar-refractivity contribution in [1.29, 1.82) is 0 Å². The van der Waals surface area contributed by atoms with Crippen LogP contribution in [0, 0.1) is 44.3 Å². The molecular formula is C36H42Cl10O2. The monoisotopic (exact) mass is 856 g/mol.